The number of carbonyl (C=O) groups excluding carboxylic acids is 3. The average molecular weight is 324 g/mol. The minimum atomic E-state index is -1.03. The van der Waals surface area contributed by atoms with E-state index in [1.807, 2.05) is 0 Å². The van der Waals surface area contributed by atoms with Gasteiger partial charge in [0.2, 0.25) is 0 Å². The Kier molecular flexibility index (Phi) is 6.90. The van der Waals surface area contributed by atoms with Gasteiger partial charge >= 0.3 is 12.1 Å². The van der Waals surface area contributed by atoms with E-state index in [2.05, 4.69) is 26.0 Å². The number of nitrogens with one attached hydrogen (secondary N) is 1. The fraction of sp³-hybridized carbons (Fsp3) is 0.727. The molecule has 0 aromatic carbocycles. The number of halogens is 1. The van der Waals surface area contributed by atoms with Gasteiger partial charge in [0.05, 0.1) is 12.4 Å². The number of alkyl carbamates (subject to hydrolysis) is 1. The van der Waals surface area contributed by atoms with Crippen LogP contribution >= 0.6 is 15.9 Å². The molecule has 0 heterocycles. The smallest absolute Gasteiger partial charge is 0.408 e. The minimum absolute atomic E-state index is 0.108. The van der Waals surface area contributed by atoms with Crippen molar-refractivity contribution in [2.24, 2.45) is 0 Å². The number of carbonyl (C=O) groups is 3. The summed E-state index contributed by atoms with van der Waals surface area (Å²) in [5.41, 5.74) is -0.676. The van der Waals surface area contributed by atoms with E-state index in [-0.39, 0.29) is 17.5 Å². The zero-order valence-electron chi connectivity index (χ0n) is 10.9. The van der Waals surface area contributed by atoms with Gasteiger partial charge < -0.3 is 14.8 Å². The molecule has 0 unspecified atom stereocenters. The van der Waals surface area contributed by atoms with Crippen LogP contribution in [-0.2, 0) is 19.1 Å². The monoisotopic (exact) mass is 323 g/mol. The molecule has 0 aromatic rings. The molecule has 0 fully saturated rings. The van der Waals surface area contributed by atoms with Gasteiger partial charge in [-0.05, 0) is 20.8 Å². The summed E-state index contributed by atoms with van der Waals surface area (Å²) < 4.78 is 9.51. The predicted molar refractivity (Wildman–Crippen MR) is 68.6 cm³/mol. The first kappa shape index (κ1) is 16.9. The molecule has 0 spiro atoms. The van der Waals surface area contributed by atoms with Gasteiger partial charge in [0.15, 0.2) is 0 Å². The van der Waals surface area contributed by atoms with E-state index >= 15 is 0 Å². The molecule has 0 aliphatic rings. The second kappa shape index (κ2) is 7.35. The molecule has 0 bridgehead atoms. The molecular formula is C11H18BrNO5. The second-order valence-electron chi connectivity index (χ2n) is 4.60. The Morgan fingerprint density at radius 3 is 2.22 bits per heavy atom. The molecule has 1 amide bonds. The molecule has 7 heteroatoms. The highest BCUT2D eigenvalue weighted by molar-refractivity contribution is 9.09. The highest BCUT2D eigenvalue weighted by Crippen LogP contribution is 2.08. The summed E-state index contributed by atoms with van der Waals surface area (Å²) in [5, 5.41) is 2.42. The molecule has 0 saturated heterocycles. The maximum absolute atomic E-state index is 11.5. The molecule has 0 aliphatic carbocycles. The van der Waals surface area contributed by atoms with E-state index in [1.165, 1.54) is 7.11 Å². The van der Waals surface area contributed by atoms with Crippen molar-refractivity contribution in [3.05, 3.63) is 0 Å². The van der Waals surface area contributed by atoms with Crippen molar-refractivity contribution in [2.75, 3.05) is 12.4 Å². The molecule has 0 rings (SSSR count). The van der Waals surface area contributed by atoms with Crippen LogP contribution in [0.3, 0.4) is 0 Å². The van der Waals surface area contributed by atoms with Crippen LogP contribution in [0.5, 0.6) is 0 Å². The highest BCUT2D eigenvalue weighted by atomic mass is 79.9. The lowest BCUT2D eigenvalue weighted by Crippen LogP contribution is -2.45. The van der Waals surface area contributed by atoms with Gasteiger partial charge in [-0.15, -0.1) is 0 Å². The van der Waals surface area contributed by atoms with E-state index in [0.29, 0.717) is 0 Å². The van der Waals surface area contributed by atoms with E-state index in [0.717, 1.165) is 0 Å². The second-order valence-corrected chi connectivity index (χ2v) is 5.16. The molecule has 18 heavy (non-hydrogen) atoms. The Hall–Kier alpha value is -1.11. The lowest BCUT2D eigenvalue weighted by molar-refractivity contribution is -0.144. The molecule has 0 aromatic heterocycles. The van der Waals surface area contributed by atoms with E-state index in [4.69, 9.17) is 4.74 Å². The van der Waals surface area contributed by atoms with Crippen molar-refractivity contribution < 1.29 is 23.9 Å². The molecule has 1 atom stereocenters. The summed E-state index contributed by atoms with van der Waals surface area (Å²) in [6.45, 7) is 5.09. The van der Waals surface area contributed by atoms with Crippen LogP contribution in [0.15, 0.2) is 0 Å². The zero-order valence-corrected chi connectivity index (χ0v) is 12.5. The van der Waals surface area contributed by atoms with Crippen LogP contribution in [0.25, 0.3) is 0 Å². The Labute approximate surface area is 115 Å². The first-order chi connectivity index (χ1) is 8.19. The van der Waals surface area contributed by atoms with Crippen molar-refractivity contribution in [1.29, 1.82) is 0 Å². The van der Waals surface area contributed by atoms with Gasteiger partial charge in [0.1, 0.15) is 17.4 Å². The van der Waals surface area contributed by atoms with Crippen molar-refractivity contribution in [3.8, 4) is 0 Å². The van der Waals surface area contributed by atoms with Crippen LogP contribution < -0.4 is 5.32 Å². The topological polar surface area (TPSA) is 81.7 Å². The maximum atomic E-state index is 11.5. The Bertz CT molecular complexity index is 324. The van der Waals surface area contributed by atoms with Gasteiger partial charge in [0.25, 0.3) is 0 Å². The van der Waals surface area contributed by atoms with E-state index in [1.54, 1.807) is 20.8 Å². The molecule has 1 N–H and O–H groups in total. The van der Waals surface area contributed by atoms with Crippen LogP contribution in [0.2, 0.25) is 0 Å². The largest absolute Gasteiger partial charge is 0.467 e. The zero-order chi connectivity index (χ0) is 14.3. The predicted octanol–water partition coefficient (Wildman–Crippen LogP) is 1.41. The fourth-order valence-corrected chi connectivity index (χ4v) is 1.30. The van der Waals surface area contributed by atoms with Crippen molar-refractivity contribution in [3.63, 3.8) is 0 Å². The van der Waals surface area contributed by atoms with Crippen LogP contribution in [0.1, 0.15) is 27.2 Å². The SMILES string of the molecule is COC(=O)[C@H](CC(=O)CBr)NC(=O)OC(C)(C)C. The summed E-state index contributed by atoms with van der Waals surface area (Å²) in [7, 11) is 1.19. The molecule has 0 radical (unpaired) electrons. The van der Waals surface area contributed by atoms with Crippen LogP contribution in [0.4, 0.5) is 4.79 Å². The van der Waals surface area contributed by atoms with Gasteiger partial charge in [0, 0.05) is 6.42 Å². The number of esters is 1. The number of alkyl halides is 1. The molecule has 0 aliphatic heterocycles. The number of methoxy groups -OCH3 is 1. The standard InChI is InChI=1S/C11H18BrNO5/c1-11(2,3)18-10(16)13-8(9(15)17-4)5-7(14)6-12/h8H,5-6H2,1-4H3,(H,13,16)/t8-/m0/s1. The maximum Gasteiger partial charge on any atom is 0.408 e. The number of rotatable bonds is 5. The first-order valence-corrected chi connectivity index (χ1v) is 6.46. The quantitative estimate of drug-likeness (QED) is 0.611. The lowest BCUT2D eigenvalue weighted by atomic mass is 10.1. The number of ether oxygens (including phenoxy) is 2. The van der Waals surface area contributed by atoms with Gasteiger partial charge in [-0.1, -0.05) is 15.9 Å². The summed E-state index contributed by atoms with van der Waals surface area (Å²) >= 11 is 2.98. The number of ketones is 1. The number of hydrogen-bond donors (Lipinski definition) is 1. The fourth-order valence-electron chi connectivity index (χ4n) is 1.07. The van der Waals surface area contributed by atoms with Crippen molar-refractivity contribution in [2.45, 2.75) is 38.8 Å². The van der Waals surface area contributed by atoms with Gasteiger partial charge in [-0.3, -0.25) is 4.79 Å². The summed E-state index contributed by atoms with van der Waals surface area (Å²) in [4.78, 5) is 34.2. The van der Waals surface area contributed by atoms with Gasteiger partial charge in [-0.2, -0.15) is 0 Å². The number of hydrogen-bond acceptors (Lipinski definition) is 5. The average Bonchev–Trinajstić information content (AvgIpc) is 2.24. The van der Waals surface area contributed by atoms with Crippen LogP contribution in [-0.4, -0.2) is 41.9 Å². The minimum Gasteiger partial charge on any atom is -0.467 e. The molecule has 6 nitrogen and oxygen atoms in total. The molecule has 104 valence electrons. The summed E-state index contributed by atoms with van der Waals surface area (Å²) in [6, 6.07) is -1.03. The summed E-state index contributed by atoms with van der Waals surface area (Å²) in [6.07, 6.45) is -0.905. The first-order valence-electron chi connectivity index (χ1n) is 5.34. The van der Waals surface area contributed by atoms with Gasteiger partial charge in [-0.25, -0.2) is 9.59 Å². The number of Topliss-reactive ketones (excluding diaryl/α,β-unsaturated/α-hetero) is 1. The normalized spacial score (nSPS) is 12.5. The Morgan fingerprint density at radius 1 is 1.28 bits per heavy atom. The van der Waals surface area contributed by atoms with E-state index in [9.17, 15) is 14.4 Å². The molecular weight excluding hydrogens is 306 g/mol. The van der Waals surface area contributed by atoms with Crippen LogP contribution in [0, 0.1) is 0 Å². The highest BCUT2D eigenvalue weighted by Gasteiger charge is 2.26. The Balaban J connectivity index is 4.55. The van der Waals surface area contributed by atoms with Crippen molar-refractivity contribution in [1.82, 2.24) is 5.32 Å². The van der Waals surface area contributed by atoms with E-state index < -0.39 is 23.7 Å². The summed E-state index contributed by atoms with van der Waals surface area (Å²) in [5.74, 6) is -0.906. The Morgan fingerprint density at radius 2 is 1.83 bits per heavy atom. The lowest BCUT2D eigenvalue weighted by Gasteiger charge is -2.22. The number of amides is 1. The third kappa shape index (κ3) is 7.26. The third-order valence-corrected chi connectivity index (χ3v) is 2.38. The molecule has 0 saturated carbocycles. The van der Waals surface area contributed by atoms with Crippen molar-refractivity contribution >= 4 is 33.8 Å². The third-order valence-electron chi connectivity index (χ3n) is 1.76.